The first-order valence-corrected chi connectivity index (χ1v) is 6.39. The van der Waals surface area contributed by atoms with Crippen LogP contribution in [0.15, 0.2) is 18.2 Å². The fourth-order valence-corrected chi connectivity index (χ4v) is 2.48. The van der Waals surface area contributed by atoms with Crippen molar-refractivity contribution in [3.05, 3.63) is 29.3 Å². The summed E-state index contributed by atoms with van der Waals surface area (Å²) in [5.74, 6) is 0.899. The van der Waals surface area contributed by atoms with Crippen LogP contribution in [0, 0.1) is 6.92 Å². The molecule has 19 heavy (non-hydrogen) atoms. The summed E-state index contributed by atoms with van der Waals surface area (Å²) in [6, 6.07) is 6.02. The minimum absolute atomic E-state index is 0. The lowest BCUT2D eigenvalue weighted by Crippen LogP contribution is -2.27. The highest BCUT2D eigenvalue weighted by Gasteiger charge is 2.17. The van der Waals surface area contributed by atoms with Crippen LogP contribution in [0.5, 0.6) is 5.75 Å². The van der Waals surface area contributed by atoms with Crippen molar-refractivity contribution in [3.63, 3.8) is 0 Å². The van der Waals surface area contributed by atoms with Crippen LogP contribution in [0.2, 0.25) is 0 Å². The second kappa shape index (κ2) is 7.36. The monoisotopic (exact) mass is 284 g/mol. The molecule has 1 aliphatic heterocycles. The number of hydrogen-bond acceptors (Lipinski definition) is 3. The first-order valence-electron chi connectivity index (χ1n) is 6.39. The predicted octanol–water partition coefficient (Wildman–Crippen LogP) is 1.75. The van der Waals surface area contributed by atoms with Crippen LogP contribution in [0.25, 0.3) is 0 Å². The van der Waals surface area contributed by atoms with Crippen molar-refractivity contribution in [2.45, 2.75) is 25.7 Å². The molecule has 1 fully saturated rings. The first kappa shape index (κ1) is 15.8. The fraction of sp³-hybridized carbons (Fsp3) is 0.500. The molecule has 106 valence electrons. The van der Waals surface area contributed by atoms with Gasteiger partial charge in [0, 0.05) is 0 Å². The molecule has 0 radical (unpaired) electrons. The fourth-order valence-electron chi connectivity index (χ4n) is 2.48. The number of hydrogen-bond donors (Lipinski definition) is 2. The quantitative estimate of drug-likeness (QED) is 0.885. The summed E-state index contributed by atoms with van der Waals surface area (Å²) in [5.41, 5.74) is 7.67. The van der Waals surface area contributed by atoms with Gasteiger partial charge in [-0.1, -0.05) is 6.07 Å². The number of primary amides is 1. The molecule has 1 heterocycles. The van der Waals surface area contributed by atoms with Gasteiger partial charge < -0.3 is 15.8 Å². The number of aryl methyl sites for hydroxylation is 1. The van der Waals surface area contributed by atoms with Gasteiger partial charge in [-0.05, 0) is 62.0 Å². The highest BCUT2D eigenvalue weighted by atomic mass is 35.5. The zero-order valence-electron chi connectivity index (χ0n) is 11.1. The Morgan fingerprint density at radius 3 is 2.68 bits per heavy atom. The topological polar surface area (TPSA) is 64.3 Å². The van der Waals surface area contributed by atoms with E-state index in [1.165, 1.54) is 24.0 Å². The number of nitrogens with one attached hydrogen (secondary N) is 1. The lowest BCUT2D eigenvalue weighted by atomic mass is 9.87. The molecule has 0 aliphatic carbocycles. The minimum Gasteiger partial charge on any atom is -0.484 e. The van der Waals surface area contributed by atoms with Crippen molar-refractivity contribution in [2.75, 3.05) is 19.7 Å². The molecule has 1 saturated heterocycles. The molecule has 1 amide bonds. The lowest BCUT2D eigenvalue weighted by Gasteiger charge is -2.24. The van der Waals surface area contributed by atoms with Crippen LogP contribution in [-0.4, -0.2) is 25.6 Å². The minimum atomic E-state index is -0.449. The summed E-state index contributed by atoms with van der Waals surface area (Å²) in [6.07, 6.45) is 2.37. The Labute approximate surface area is 120 Å². The number of ether oxygens (including phenoxy) is 1. The number of halogens is 1. The van der Waals surface area contributed by atoms with Gasteiger partial charge in [-0.3, -0.25) is 4.79 Å². The summed E-state index contributed by atoms with van der Waals surface area (Å²) < 4.78 is 5.30. The number of nitrogens with two attached hydrogens (primary N) is 1. The Hall–Kier alpha value is -1.26. The Morgan fingerprint density at radius 1 is 1.42 bits per heavy atom. The van der Waals surface area contributed by atoms with E-state index < -0.39 is 5.91 Å². The summed E-state index contributed by atoms with van der Waals surface area (Å²) >= 11 is 0. The molecule has 0 atom stereocenters. The van der Waals surface area contributed by atoms with Gasteiger partial charge in [-0.25, -0.2) is 0 Å². The van der Waals surface area contributed by atoms with Crippen LogP contribution < -0.4 is 15.8 Å². The van der Waals surface area contributed by atoms with E-state index in [1.54, 1.807) is 0 Å². The molecule has 4 nitrogen and oxygen atoms in total. The summed E-state index contributed by atoms with van der Waals surface area (Å²) in [5, 5.41) is 3.37. The van der Waals surface area contributed by atoms with Gasteiger partial charge in [0.2, 0.25) is 0 Å². The third-order valence-corrected chi connectivity index (χ3v) is 3.40. The average Bonchev–Trinajstić information content (AvgIpc) is 2.37. The summed E-state index contributed by atoms with van der Waals surface area (Å²) in [4.78, 5) is 10.7. The number of carbonyl (C=O) groups excluding carboxylic acids is 1. The third kappa shape index (κ3) is 4.40. The van der Waals surface area contributed by atoms with E-state index in [2.05, 4.69) is 18.3 Å². The standard InChI is InChI=1S/C14H20N2O2.ClH/c1-10-8-12(18-9-14(15)17)2-3-13(10)11-4-6-16-7-5-11;/h2-3,8,11,16H,4-7,9H2,1H3,(H2,15,17);1H. The van der Waals surface area contributed by atoms with Crippen molar-refractivity contribution in [1.29, 1.82) is 0 Å². The number of carbonyl (C=O) groups is 1. The molecular formula is C14H21ClN2O2. The summed E-state index contributed by atoms with van der Waals surface area (Å²) in [7, 11) is 0. The van der Waals surface area contributed by atoms with Crippen LogP contribution in [0.1, 0.15) is 29.9 Å². The molecule has 0 unspecified atom stereocenters. The maximum absolute atomic E-state index is 10.7. The molecule has 1 aromatic rings. The van der Waals surface area contributed by atoms with E-state index in [-0.39, 0.29) is 19.0 Å². The van der Waals surface area contributed by atoms with Crippen molar-refractivity contribution >= 4 is 18.3 Å². The molecule has 5 heteroatoms. The number of piperidine rings is 1. The Kier molecular flexibility index (Phi) is 6.12. The van der Waals surface area contributed by atoms with Gasteiger partial charge in [-0.2, -0.15) is 0 Å². The number of benzene rings is 1. The van der Waals surface area contributed by atoms with E-state index in [0.717, 1.165) is 13.1 Å². The van der Waals surface area contributed by atoms with E-state index in [4.69, 9.17) is 10.5 Å². The molecule has 0 aromatic heterocycles. The van der Waals surface area contributed by atoms with Gasteiger partial charge in [0.05, 0.1) is 0 Å². The lowest BCUT2D eigenvalue weighted by molar-refractivity contribution is -0.119. The Balaban J connectivity index is 0.00000180. The largest absolute Gasteiger partial charge is 0.484 e. The van der Waals surface area contributed by atoms with Crippen LogP contribution in [0.3, 0.4) is 0 Å². The second-order valence-electron chi connectivity index (χ2n) is 4.80. The first-order chi connectivity index (χ1) is 8.66. The molecule has 1 aliphatic rings. The van der Waals surface area contributed by atoms with Crippen molar-refractivity contribution in [2.24, 2.45) is 5.73 Å². The maximum atomic E-state index is 10.7. The van der Waals surface area contributed by atoms with Gasteiger partial charge in [0.25, 0.3) is 5.91 Å². The molecule has 1 aromatic carbocycles. The molecule has 3 N–H and O–H groups in total. The van der Waals surface area contributed by atoms with Crippen LogP contribution in [-0.2, 0) is 4.79 Å². The molecule has 0 spiro atoms. The van der Waals surface area contributed by atoms with Gasteiger partial charge in [-0.15, -0.1) is 12.4 Å². The van der Waals surface area contributed by atoms with Crippen molar-refractivity contribution < 1.29 is 9.53 Å². The van der Waals surface area contributed by atoms with Gasteiger partial charge in [0.1, 0.15) is 5.75 Å². The Morgan fingerprint density at radius 2 is 2.11 bits per heavy atom. The van der Waals surface area contributed by atoms with Crippen molar-refractivity contribution in [1.82, 2.24) is 5.32 Å². The van der Waals surface area contributed by atoms with Crippen LogP contribution in [0.4, 0.5) is 0 Å². The Bertz CT molecular complexity index is 431. The van der Waals surface area contributed by atoms with E-state index >= 15 is 0 Å². The highest BCUT2D eigenvalue weighted by Crippen LogP contribution is 2.29. The smallest absolute Gasteiger partial charge is 0.255 e. The van der Waals surface area contributed by atoms with Gasteiger partial charge in [0.15, 0.2) is 6.61 Å². The molecule has 0 bridgehead atoms. The van der Waals surface area contributed by atoms with E-state index in [0.29, 0.717) is 11.7 Å². The normalized spacial score (nSPS) is 15.6. The molecule has 0 saturated carbocycles. The second-order valence-corrected chi connectivity index (χ2v) is 4.80. The molecular weight excluding hydrogens is 264 g/mol. The third-order valence-electron chi connectivity index (χ3n) is 3.40. The zero-order valence-corrected chi connectivity index (χ0v) is 12.0. The predicted molar refractivity (Wildman–Crippen MR) is 78.0 cm³/mol. The van der Waals surface area contributed by atoms with Crippen LogP contribution >= 0.6 is 12.4 Å². The summed E-state index contributed by atoms with van der Waals surface area (Å²) in [6.45, 7) is 4.20. The average molecular weight is 285 g/mol. The SMILES string of the molecule is Cc1cc(OCC(N)=O)ccc1C1CCNCC1.Cl. The zero-order chi connectivity index (χ0) is 13.0. The molecule has 2 rings (SSSR count). The number of amides is 1. The van der Waals surface area contributed by atoms with E-state index in [9.17, 15) is 4.79 Å². The van der Waals surface area contributed by atoms with Crippen molar-refractivity contribution in [3.8, 4) is 5.75 Å². The maximum Gasteiger partial charge on any atom is 0.255 e. The van der Waals surface area contributed by atoms with Gasteiger partial charge >= 0.3 is 0 Å². The number of rotatable bonds is 4. The highest BCUT2D eigenvalue weighted by molar-refractivity contribution is 5.85. The van der Waals surface area contributed by atoms with E-state index in [1.807, 2.05) is 12.1 Å².